The third-order valence-corrected chi connectivity index (χ3v) is 3.27. The molecule has 9 heteroatoms. The first-order valence-corrected chi connectivity index (χ1v) is 6.92. The number of benzene rings is 1. The van der Waals surface area contributed by atoms with Gasteiger partial charge in [0.15, 0.2) is 0 Å². The molecule has 0 aliphatic carbocycles. The number of nitro groups is 1. The van der Waals surface area contributed by atoms with Crippen LogP contribution in [0.25, 0.3) is 0 Å². The topological polar surface area (TPSA) is 119 Å². The fourth-order valence-corrected chi connectivity index (χ4v) is 2.19. The third-order valence-electron chi connectivity index (χ3n) is 3.27. The number of non-ortho nitro benzene ring substituents is 1. The van der Waals surface area contributed by atoms with Crippen LogP contribution in [-0.4, -0.2) is 36.2 Å². The molecule has 0 fully saturated rings. The van der Waals surface area contributed by atoms with Crippen LogP contribution < -0.4 is 4.90 Å². The standard InChI is InChI=1S/C16H14N2O7/c1-24-15(20)13-5-3-4-6-17(14(13)16(21)25-2)10-7-11(18(22)23)9-12(19)8-10/h3-9,19H,1-2H3. The molecule has 1 aromatic carbocycles. The van der Waals surface area contributed by atoms with Crippen LogP contribution in [0.1, 0.15) is 0 Å². The van der Waals surface area contributed by atoms with Crippen LogP contribution in [0.2, 0.25) is 0 Å². The molecule has 0 bridgehead atoms. The number of carbonyl (C=O) groups is 2. The molecular formula is C16H14N2O7. The second kappa shape index (κ2) is 7.30. The Morgan fingerprint density at radius 2 is 1.80 bits per heavy atom. The van der Waals surface area contributed by atoms with Crippen molar-refractivity contribution in [1.29, 1.82) is 0 Å². The normalized spacial score (nSPS) is 13.4. The number of hydrogen-bond donors (Lipinski definition) is 1. The zero-order chi connectivity index (χ0) is 18.6. The van der Waals surface area contributed by atoms with Gasteiger partial charge in [0.05, 0.1) is 36.5 Å². The fraction of sp³-hybridized carbons (Fsp3) is 0.125. The number of anilines is 1. The number of phenols is 1. The predicted molar refractivity (Wildman–Crippen MR) is 86.6 cm³/mol. The Kier molecular flexibility index (Phi) is 5.18. The molecule has 0 atom stereocenters. The van der Waals surface area contributed by atoms with Crippen molar-refractivity contribution in [3.8, 4) is 5.75 Å². The Labute approximate surface area is 142 Å². The average molecular weight is 346 g/mol. The Morgan fingerprint density at radius 1 is 1.12 bits per heavy atom. The molecule has 2 rings (SSSR count). The zero-order valence-corrected chi connectivity index (χ0v) is 13.3. The van der Waals surface area contributed by atoms with Gasteiger partial charge < -0.3 is 19.5 Å². The number of esters is 2. The van der Waals surface area contributed by atoms with Crippen molar-refractivity contribution in [2.75, 3.05) is 19.1 Å². The molecular weight excluding hydrogens is 332 g/mol. The molecule has 1 aromatic rings. The minimum absolute atomic E-state index is 0.0912. The van der Waals surface area contributed by atoms with Gasteiger partial charge in [0, 0.05) is 18.3 Å². The molecule has 0 aromatic heterocycles. The summed E-state index contributed by atoms with van der Waals surface area (Å²) in [4.78, 5) is 35.8. The van der Waals surface area contributed by atoms with Gasteiger partial charge in [-0.05, 0) is 12.2 Å². The molecule has 1 N–H and O–H groups in total. The van der Waals surface area contributed by atoms with E-state index in [4.69, 9.17) is 4.74 Å². The number of rotatable bonds is 4. The summed E-state index contributed by atoms with van der Waals surface area (Å²) in [6.07, 6.45) is 5.75. The highest BCUT2D eigenvalue weighted by Crippen LogP contribution is 2.32. The first-order valence-electron chi connectivity index (χ1n) is 6.92. The van der Waals surface area contributed by atoms with Gasteiger partial charge in [-0.2, -0.15) is 0 Å². The number of allylic oxidation sites excluding steroid dienone is 2. The Morgan fingerprint density at radius 3 is 2.40 bits per heavy atom. The van der Waals surface area contributed by atoms with Gasteiger partial charge >= 0.3 is 11.9 Å². The van der Waals surface area contributed by atoms with Crippen molar-refractivity contribution in [3.05, 3.63) is 64.0 Å². The molecule has 0 radical (unpaired) electrons. The molecule has 1 aliphatic rings. The number of hydrogen-bond acceptors (Lipinski definition) is 8. The fourth-order valence-electron chi connectivity index (χ4n) is 2.19. The van der Waals surface area contributed by atoms with E-state index in [0.717, 1.165) is 26.4 Å². The largest absolute Gasteiger partial charge is 0.508 e. The van der Waals surface area contributed by atoms with Crippen LogP contribution in [0.3, 0.4) is 0 Å². The molecule has 1 heterocycles. The maximum Gasteiger partial charge on any atom is 0.355 e. The van der Waals surface area contributed by atoms with Crippen LogP contribution in [0, 0.1) is 10.1 Å². The van der Waals surface area contributed by atoms with Crippen LogP contribution >= 0.6 is 0 Å². The highest BCUT2D eigenvalue weighted by atomic mass is 16.6. The van der Waals surface area contributed by atoms with E-state index in [1.165, 1.54) is 35.4 Å². The second-order valence-electron chi connectivity index (χ2n) is 4.78. The Bertz CT molecular complexity index is 824. The molecule has 0 amide bonds. The van der Waals surface area contributed by atoms with Crippen molar-refractivity contribution >= 4 is 23.3 Å². The number of nitrogens with zero attached hydrogens (tertiary/aromatic N) is 2. The summed E-state index contributed by atoms with van der Waals surface area (Å²) in [7, 11) is 2.28. The minimum Gasteiger partial charge on any atom is -0.508 e. The minimum atomic E-state index is -0.859. The average Bonchev–Trinajstić information content (AvgIpc) is 2.82. The van der Waals surface area contributed by atoms with E-state index in [0.29, 0.717) is 0 Å². The number of methoxy groups -OCH3 is 2. The van der Waals surface area contributed by atoms with E-state index < -0.39 is 16.9 Å². The summed E-state index contributed by atoms with van der Waals surface area (Å²) in [6.45, 7) is 0. The third kappa shape index (κ3) is 3.66. The van der Waals surface area contributed by atoms with E-state index in [1.807, 2.05) is 0 Å². The van der Waals surface area contributed by atoms with E-state index in [2.05, 4.69) is 4.74 Å². The van der Waals surface area contributed by atoms with Gasteiger partial charge in [-0.3, -0.25) is 10.1 Å². The molecule has 0 unspecified atom stereocenters. The second-order valence-corrected chi connectivity index (χ2v) is 4.78. The van der Waals surface area contributed by atoms with E-state index in [1.54, 1.807) is 0 Å². The van der Waals surface area contributed by atoms with Gasteiger partial charge in [-0.25, -0.2) is 9.59 Å². The van der Waals surface area contributed by atoms with E-state index >= 15 is 0 Å². The van der Waals surface area contributed by atoms with Crippen LogP contribution in [-0.2, 0) is 19.1 Å². The highest BCUT2D eigenvalue weighted by molar-refractivity contribution is 6.05. The maximum absolute atomic E-state index is 12.2. The molecule has 9 nitrogen and oxygen atoms in total. The van der Waals surface area contributed by atoms with Gasteiger partial charge in [-0.1, -0.05) is 6.08 Å². The lowest BCUT2D eigenvalue weighted by molar-refractivity contribution is -0.384. The number of ether oxygens (including phenoxy) is 2. The van der Waals surface area contributed by atoms with Crippen molar-refractivity contribution in [2.24, 2.45) is 0 Å². The van der Waals surface area contributed by atoms with Crippen molar-refractivity contribution in [2.45, 2.75) is 0 Å². The van der Waals surface area contributed by atoms with Gasteiger partial charge in [0.2, 0.25) is 0 Å². The first kappa shape index (κ1) is 17.7. The molecule has 0 saturated heterocycles. The summed E-state index contributed by atoms with van der Waals surface area (Å²) in [6, 6.07) is 3.32. The number of phenolic OH excluding ortho intramolecular Hbond substituents is 1. The molecule has 25 heavy (non-hydrogen) atoms. The molecule has 0 saturated carbocycles. The Balaban J connectivity index is 2.71. The molecule has 0 spiro atoms. The van der Waals surface area contributed by atoms with Gasteiger partial charge in [-0.15, -0.1) is 0 Å². The van der Waals surface area contributed by atoms with Crippen LogP contribution in [0.4, 0.5) is 11.4 Å². The summed E-state index contributed by atoms with van der Waals surface area (Å²) < 4.78 is 9.39. The van der Waals surface area contributed by atoms with Crippen molar-refractivity contribution in [3.63, 3.8) is 0 Å². The first-order chi connectivity index (χ1) is 11.9. The highest BCUT2D eigenvalue weighted by Gasteiger charge is 2.28. The number of aromatic hydroxyl groups is 1. The van der Waals surface area contributed by atoms with Crippen LogP contribution in [0.15, 0.2) is 53.9 Å². The maximum atomic E-state index is 12.2. The van der Waals surface area contributed by atoms with E-state index in [-0.39, 0.29) is 28.4 Å². The van der Waals surface area contributed by atoms with Gasteiger partial charge in [0.1, 0.15) is 11.4 Å². The van der Waals surface area contributed by atoms with Crippen LogP contribution in [0.5, 0.6) is 5.75 Å². The lowest BCUT2D eigenvalue weighted by Crippen LogP contribution is -2.27. The molecule has 130 valence electrons. The quantitative estimate of drug-likeness (QED) is 0.498. The lowest BCUT2D eigenvalue weighted by atomic mass is 10.1. The zero-order valence-electron chi connectivity index (χ0n) is 13.3. The summed E-state index contributed by atoms with van der Waals surface area (Å²) in [5.41, 5.74) is -0.609. The van der Waals surface area contributed by atoms with Crippen molar-refractivity contribution in [1.82, 2.24) is 0 Å². The van der Waals surface area contributed by atoms with Gasteiger partial charge in [0.25, 0.3) is 5.69 Å². The molecule has 1 aliphatic heterocycles. The number of carbonyl (C=O) groups excluding carboxylic acids is 2. The summed E-state index contributed by atoms with van der Waals surface area (Å²) >= 11 is 0. The summed E-state index contributed by atoms with van der Waals surface area (Å²) in [5.74, 6) is -2.03. The van der Waals surface area contributed by atoms with E-state index in [9.17, 15) is 24.8 Å². The lowest BCUT2D eigenvalue weighted by Gasteiger charge is -2.23. The van der Waals surface area contributed by atoms with Crippen molar-refractivity contribution < 1.29 is 29.1 Å². The monoisotopic (exact) mass is 346 g/mol. The SMILES string of the molecule is COC(=O)C1=C(C(=O)OC)N(c2cc(O)cc([N+](=O)[O-])c2)C=CC=C1. The Hall–Kier alpha value is -3.62. The predicted octanol–water partition coefficient (Wildman–Crippen LogP) is 1.79. The number of nitro benzene ring substituents is 1. The summed E-state index contributed by atoms with van der Waals surface area (Å²) in [5, 5.41) is 20.8. The smallest absolute Gasteiger partial charge is 0.355 e.